The average Bonchev–Trinajstić information content (AvgIpc) is 3.02. The van der Waals surface area contributed by atoms with E-state index < -0.39 is 0 Å². The van der Waals surface area contributed by atoms with E-state index in [0.29, 0.717) is 0 Å². The van der Waals surface area contributed by atoms with E-state index in [1.54, 1.807) is 0 Å². The monoisotopic (exact) mass is 656 g/mol. The minimum atomic E-state index is 0.751. The van der Waals surface area contributed by atoms with Gasteiger partial charge in [0.2, 0.25) is 0 Å². The molecule has 224 valence electrons. The molecule has 4 aromatic rings. The first kappa shape index (κ1) is 32.1. The lowest BCUT2D eigenvalue weighted by molar-refractivity contribution is 0.167. The normalized spacial score (nSPS) is 17.9. The average molecular weight is 657 g/mol. The van der Waals surface area contributed by atoms with Crippen LogP contribution in [0.2, 0.25) is 0 Å². The SMILES string of the molecule is c1ccc2cc3c(cc2c1)CSCCOCCSCc1cc2ccccc2cc1OCCSCCSCCSCCO3. The summed E-state index contributed by atoms with van der Waals surface area (Å²) in [5, 5.41) is 5.04. The van der Waals surface area contributed by atoms with Gasteiger partial charge in [-0.05, 0) is 45.8 Å². The van der Waals surface area contributed by atoms with Crippen LogP contribution in [-0.2, 0) is 16.2 Å². The van der Waals surface area contributed by atoms with E-state index in [1.807, 2.05) is 47.0 Å². The molecule has 0 saturated heterocycles. The molecule has 0 radical (unpaired) electrons. The van der Waals surface area contributed by atoms with E-state index in [9.17, 15) is 0 Å². The second kappa shape index (κ2) is 18.5. The van der Waals surface area contributed by atoms with Gasteiger partial charge in [0.1, 0.15) is 11.5 Å². The predicted octanol–water partition coefficient (Wildman–Crippen LogP) is 9.15. The Bertz CT molecular complexity index is 1280. The van der Waals surface area contributed by atoms with Gasteiger partial charge in [-0.25, -0.2) is 0 Å². The van der Waals surface area contributed by atoms with Gasteiger partial charge in [-0.2, -0.15) is 58.8 Å². The van der Waals surface area contributed by atoms with Crippen LogP contribution in [-0.4, -0.2) is 72.5 Å². The molecule has 1 aliphatic heterocycles. The smallest absolute Gasteiger partial charge is 0.124 e. The van der Waals surface area contributed by atoms with E-state index in [-0.39, 0.29) is 0 Å². The largest absolute Gasteiger partial charge is 0.492 e. The number of ether oxygens (including phenoxy) is 3. The molecule has 0 bridgehead atoms. The zero-order valence-corrected chi connectivity index (χ0v) is 28.2. The number of thioether (sulfide) groups is 5. The summed E-state index contributed by atoms with van der Waals surface area (Å²) in [4.78, 5) is 0. The molecule has 1 heterocycles. The van der Waals surface area contributed by atoms with E-state index in [2.05, 4.69) is 84.6 Å². The summed E-state index contributed by atoms with van der Waals surface area (Å²) in [6.45, 7) is 3.04. The van der Waals surface area contributed by atoms with Crippen LogP contribution in [0, 0.1) is 0 Å². The number of fused-ring (bicyclic) bond motifs is 4. The molecule has 5 rings (SSSR count). The maximum absolute atomic E-state index is 6.31. The van der Waals surface area contributed by atoms with Gasteiger partial charge >= 0.3 is 0 Å². The zero-order valence-electron chi connectivity index (χ0n) is 24.1. The van der Waals surface area contributed by atoms with Crippen LogP contribution >= 0.6 is 58.8 Å². The maximum Gasteiger partial charge on any atom is 0.124 e. The van der Waals surface area contributed by atoms with Crippen molar-refractivity contribution in [1.82, 2.24) is 0 Å². The van der Waals surface area contributed by atoms with Gasteiger partial charge in [-0.15, -0.1) is 0 Å². The van der Waals surface area contributed by atoms with Crippen molar-refractivity contribution in [2.75, 3.05) is 72.5 Å². The highest BCUT2D eigenvalue weighted by atomic mass is 32.2. The van der Waals surface area contributed by atoms with Crippen molar-refractivity contribution in [2.24, 2.45) is 0 Å². The van der Waals surface area contributed by atoms with E-state index >= 15 is 0 Å². The minimum Gasteiger partial charge on any atom is -0.492 e. The molecular weight excluding hydrogens is 617 g/mol. The summed E-state index contributed by atoms with van der Waals surface area (Å²) in [6.07, 6.45) is 0. The highest BCUT2D eigenvalue weighted by Gasteiger charge is 2.09. The quantitative estimate of drug-likeness (QED) is 0.185. The Labute approximate surface area is 272 Å². The molecule has 0 fully saturated rings. The second-order valence-electron chi connectivity index (χ2n) is 9.87. The summed E-state index contributed by atoms with van der Waals surface area (Å²) >= 11 is 9.88. The number of benzene rings is 4. The molecule has 0 N–H and O–H groups in total. The lowest BCUT2D eigenvalue weighted by Crippen LogP contribution is -2.05. The third kappa shape index (κ3) is 10.4. The molecule has 1 aliphatic rings. The molecule has 42 heavy (non-hydrogen) atoms. The van der Waals surface area contributed by atoms with Gasteiger partial charge in [0.25, 0.3) is 0 Å². The molecule has 0 spiro atoms. The Kier molecular flexibility index (Phi) is 14.1. The third-order valence-electron chi connectivity index (χ3n) is 6.83. The topological polar surface area (TPSA) is 27.7 Å². The number of rotatable bonds is 0. The van der Waals surface area contributed by atoms with Crippen LogP contribution in [0.1, 0.15) is 11.1 Å². The summed E-state index contributed by atoms with van der Waals surface area (Å²) in [7, 11) is 0. The Morgan fingerprint density at radius 3 is 1.24 bits per heavy atom. The Morgan fingerprint density at radius 1 is 0.405 bits per heavy atom. The van der Waals surface area contributed by atoms with E-state index in [0.717, 1.165) is 72.4 Å². The molecule has 0 saturated carbocycles. The van der Waals surface area contributed by atoms with Crippen LogP contribution in [0.5, 0.6) is 11.5 Å². The minimum absolute atomic E-state index is 0.751. The van der Waals surface area contributed by atoms with Gasteiger partial charge in [-0.3, -0.25) is 0 Å². The Balaban J connectivity index is 1.16. The summed E-state index contributed by atoms with van der Waals surface area (Å²) in [5.41, 5.74) is 2.56. The van der Waals surface area contributed by atoms with Crippen LogP contribution in [0.4, 0.5) is 0 Å². The lowest BCUT2D eigenvalue weighted by Gasteiger charge is -2.14. The van der Waals surface area contributed by atoms with Crippen molar-refractivity contribution in [3.8, 4) is 11.5 Å². The molecule has 0 atom stereocenters. The van der Waals surface area contributed by atoms with Gasteiger partial charge in [0.15, 0.2) is 0 Å². The van der Waals surface area contributed by atoms with Gasteiger partial charge in [-0.1, -0.05) is 48.5 Å². The first-order valence-corrected chi connectivity index (χ1v) is 20.4. The van der Waals surface area contributed by atoms with Crippen molar-refractivity contribution >= 4 is 80.4 Å². The van der Waals surface area contributed by atoms with Crippen LogP contribution < -0.4 is 9.47 Å². The first-order valence-electron chi connectivity index (χ1n) is 14.6. The molecule has 3 nitrogen and oxygen atoms in total. The summed E-state index contributed by atoms with van der Waals surface area (Å²) in [5.74, 6) is 12.7. The van der Waals surface area contributed by atoms with Crippen molar-refractivity contribution in [3.63, 3.8) is 0 Å². The molecule has 0 aliphatic carbocycles. The van der Waals surface area contributed by atoms with Crippen molar-refractivity contribution < 1.29 is 14.2 Å². The molecule has 8 heteroatoms. The van der Waals surface area contributed by atoms with Gasteiger partial charge in [0, 0.05) is 68.7 Å². The van der Waals surface area contributed by atoms with E-state index in [1.165, 1.54) is 55.7 Å². The second-order valence-corrected chi connectivity index (χ2v) is 15.8. The molecule has 0 aromatic heterocycles. The van der Waals surface area contributed by atoms with Crippen LogP contribution in [0.25, 0.3) is 21.5 Å². The molecule has 4 aromatic carbocycles. The van der Waals surface area contributed by atoms with Crippen molar-refractivity contribution in [3.05, 3.63) is 83.9 Å². The van der Waals surface area contributed by atoms with Crippen LogP contribution in [0.3, 0.4) is 0 Å². The number of hydrogen-bond acceptors (Lipinski definition) is 8. The van der Waals surface area contributed by atoms with Crippen LogP contribution in [0.15, 0.2) is 72.8 Å². The highest BCUT2D eigenvalue weighted by molar-refractivity contribution is 8.04. The molecular formula is C34H40O3S5. The summed E-state index contributed by atoms with van der Waals surface area (Å²) < 4.78 is 18.6. The molecule has 0 unspecified atom stereocenters. The van der Waals surface area contributed by atoms with Crippen molar-refractivity contribution in [1.29, 1.82) is 0 Å². The Morgan fingerprint density at radius 2 is 0.786 bits per heavy atom. The zero-order chi connectivity index (χ0) is 28.7. The van der Waals surface area contributed by atoms with Crippen molar-refractivity contribution in [2.45, 2.75) is 11.5 Å². The lowest BCUT2D eigenvalue weighted by atomic mass is 10.1. The Hall–Kier alpha value is -1.29. The fourth-order valence-corrected chi connectivity index (χ4v) is 9.24. The first-order chi connectivity index (χ1) is 20.9. The summed E-state index contributed by atoms with van der Waals surface area (Å²) in [6, 6.07) is 26.2. The third-order valence-corrected chi connectivity index (χ3v) is 12.2. The van der Waals surface area contributed by atoms with E-state index in [4.69, 9.17) is 14.2 Å². The highest BCUT2D eigenvalue weighted by Crippen LogP contribution is 2.31. The fraction of sp³-hybridized carbons (Fsp3) is 0.412. The predicted molar refractivity (Wildman–Crippen MR) is 194 cm³/mol. The maximum atomic E-state index is 6.31. The van der Waals surface area contributed by atoms with Gasteiger partial charge < -0.3 is 14.2 Å². The number of hydrogen-bond donors (Lipinski definition) is 0. The fourth-order valence-electron chi connectivity index (χ4n) is 4.69. The van der Waals surface area contributed by atoms with Gasteiger partial charge in [0.05, 0.1) is 26.4 Å². The standard InChI is InChI=1S/C34H40O3S5/c1-3-7-29-23-33-31(21-27(29)5-1)25-41-13-9-35-10-14-42-26-32-22-28-6-2-4-8-30(28)24-34(32)37-12-16-39-18-20-40-19-17-38-15-11-36-33/h1-8,21-24H,9-20,25-26H2. The molecule has 0 amide bonds.